The van der Waals surface area contributed by atoms with Crippen LogP contribution in [0, 0.1) is 23.1 Å². The fourth-order valence-corrected chi connectivity index (χ4v) is 1.66. The first-order valence-electron chi connectivity index (χ1n) is 6.61. The molecule has 0 saturated carbocycles. The second-order valence-corrected chi connectivity index (χ2v) is 4.96. The number of hydrogen-bond donors (Lipinski definition) is 1. The number of hydrogen-bond acceptors (Lipinski definition) is 3. The van der Waals surface area contributed by atoms with Crippen molar-refractivity contribution in [2.24, 2.45) is 5.92 Å². The van der Waals surface area contributed by atoms with Crippen molar-refractivity contribution < 1.29 is 9.13 Å². The summed E-state index contributed by atoms with van der Waals surface area (Å²) in [5.74, 6) is 0.619. The maximum absolute atomic E-state index is 13.5. The first-order chi connectivity index (χ1) is 9.05. The van der Waals surface area contributed by atoms with Crippen LogP contribution in [0.2, 0.25) is 0 Å². The molecule has 104 valence electrons. The lowest BCUT2D eigenvalue weighted by molar-refractivity contribution is 0.250. The zero-order valence-electron chi connectivity index (χ0n) is 11.7. The minimum Gasteiger partial charge on any atom is -0.475 e. The highest BCUT2D eigenvalue weighted by atomic mass is 19.1. The molecule has 0 aromatic heterocycles. The van der Waals surface area contributed by atoms with Crippen LogP contribution in [-0.4, -0.2) is 12.6 Å². The van der Waals surface area contributed by atoms with E-state index < -0.39 is 6.10 Å². The van der Waals surface area contributed by atoms with E-state index in [0.717, 1.165) is 12.1 Å². The van der Waals surface area contributed by atoms with Gasteiger partial charge in [0.2, 0.25) is 0 Å². The highest BCUT2D eigenvalue weighted by molar-refractivity contribution is 5.30. The lowest BCUT2D eigenvalue weighted by atomic mass is 10.2. The van der Waals surface area contributed by atoms with Gasteiger partial charge in [0.25, 0.3) is 0 Å². The quantitative estimate of drug-likeness (QED) is 0.822. The van der Waals surface area contributed by atoms with Gasteiger partial charge < -0.3 is 10.1 Å². The Hall–Kier alpha value is -1.60. The molecule has 1 N–H and O–H groups in total. The van der Waals surface area contributed by atoms with Crippen molar-refractivity contribution >= 4 is 0 Å². The molecule has 0 bridgehead atoms. The van der Waals surface area contributed by atoms with E-state index in [-0.39, 0.29) is 5.82 Å². The third-order valence-electron chi connectivity index (χ3n) is 2.61. The van der Waals surface area contributed by atoms with E-state index in [2.05, 4.69) is 19.2 Å². The molecule has 4 heteroatoms. The number of nitriles is 1. The molecule has 1 unspecified atom stereocenters. The van der Waals surface area contributed by atoms with E-state index in [1.54, 1.807) is 6.07 Å². The minimum absolute atomic E-state index is 0.341. The Bertz CT molecular complexity index is 440. The molecule has 0 radical (unpaired) electrons. The van der Waals surface area contributed by atoms with Crippen molar-refractivity contribution in [1.82, 2.24) is 5.32 Å². The molecule has 1 aromatic rings. The molecule has 0 aliphatic carbocycles. The molecular formula is C15H21FN2O. The summed E-state index contributed by atoms with van der Waals surface area (Å²) in [4.78, 5) is 0. The molecule has 0 heterocycles. The Balaban J connectivity index is 2.68. The van der Waals surface area contributed by atoms with Crippen LogP contribution >= 0.6 is 0 Å². The molecule has 0 aliphatic rings. The maximum Gasteiger partial charge on any atom is 0.184 e. The van der Waals surface area contributed by atoms with Crippen molar-refractivity contribution in [3.8, 4) is 11.8 Å². The van der Waals surface area contributed by atoms with E-state index >= 15 is 0 Å². The molecule has 0 fully saturated rings. The van der Waals surface area contributed by atoms with Crippen LogP contribution in [-0.2, 0) is 6.54 Å². The molecule has 0 saturated heterocycles. The zero-order valence-corrected chi connectivity index (χ0v) is 11.7. The van der Waals surface area contributed by atoms with Gasteiger partial charge in [-0.25, -0.2) is 4.39 Å². The van der Waals surface area contributed by atoms with Gasteiger partial charge in [-0.3, -0.25) is 0 Å². The molecular weight excluding hydrogens is 243 g/mol. The summed E-state index contributed by atoms with van der Waals surface area (Å²) in [5, 5.41) is 12.1. The fraction of sp³-hybridized carbons (Fsp3) is 0.533. The van der Waals surface area contributed by atoms with Gasteiger partial charge in [-0.2, -0.15) is 5.26 Å². The average Bonchev–Trinajstić information content (AvgIpc) is 2.35. The van der Waals surface area contributed by atoms with Crippen LogP contribution < -0.4 is 10.1 Å². The first kappa shape index (κ1) is 15.5. The van der Waals surface area contributed by atoms with Gasteiger partial charge in [-0.1, -0.05) is 20.8 Å². The monoisotopic (exact) mass is 264 g/mol. The molecule has 1 rings (SSSR count). The van der Waals surface area contributed by atoms with Crippen LogP contribution in [0.5, 0.6) is 5.75 Å². The van der Waals surface area contributed by atoms with Crippen molar-refractivity contribution in [2.45, 2.75) is 39.8 Å². The van der Waals surface area contributed by atoms with Gasteiger partial charge >= 0.3 is 0 Å². The van der Waals surface area contributed by atoms with Crippen LogP contribution in [0.25, 0.3) is 0 Å². The Morgan fingerprint density at radius 3 is 2.68 bits per heavy atom. The number of benzene rings is 1. The van der Waals surface area contributed by atoms with E-state index in [4.69, 9.17) is 10.00 Å². The first-order valence-corrected chi connectivity index (χ1v) is 6.61. The van der Waals surface area contributed by atoms with Gasteiger partial charge in [-0.15, -0.1) is 0 Å². The fourth-order valence-electron chi connectivity index (χ4n) is 1.66. The molecule has 0 aliphatic heterocycles. The summed E-state index contributed by atoms with van der Waals surface area (Å²) in [5.41, 5.74) is 0.823. The molecule has 1 aromatic carbocycles. The second kappa shape index (κ2) is 7.75. The summed E-state index contributed by atoms with van der Waals surface area (Å²) < 4.78 is 18.9. The van der Waals surface area contributed by atoms with Crippen molar-refractivity contribution in [3.05, 3.63) is 29.6 Å². The summed E-state index contributed by atoms with van der Waals surface area (Å²) >= 11 is 0. The van der Waals surface area contributed by atoms with Gasteiger partial charge in [-0.05, 0) is 36.6 Å². The standard InChI is InChI=1S/C15H21FN2O/c1-4-14(8-17)19-15-6-12(5-13(16)7-15)10-18-9-11(2)3/h5-7,11,14,18H,4,9-10H2,1-3H3. The normalized spacial score (nSPS) is 12.2. The summed E-state index contributed by atoms with van der Waals surface area (Å²) in [7, 11) is 0. The van der Waals surface area contributed by atoms with E-state index in [1.165, 1.54) is 12.1 Å². The molecule has 1 atom stereocenters. The number of ether oxygens (including phenoxy) is 1. The third-order valence-corrected chi connectivity index (χ3v) is 2.61. The van der Waals surface area contributed by atoms with Crippen LogP contribution in [0.3, 0.4) is 0 Å². The predicted molar refractivity (Wildman–Crippen MR) is 73.3 cm³/mol. The van der Waals surface area contributed by atoms with Gasteiger partial charge in [0.1, 0.15) is 17.6 Å². The zero-order chi connectivity index (χ0) is 14.3. The summed E-state index contributed by atoms with van der Waals surface area (Å²) in [6, 6.07) is 6.60. The SMILES string of the molecule is CCC(C#N)Oc1cc(F)cc(CNCC(C)C)c1. The molecule has 0 amide bonds. The summed E-state index contributed by atoms with van der Waals surface area (Å²) in [6.45, 7) is 7.56. The third kappa shape index (κ3) is 5.71. The Labute approximate surface area is 114 Å². The smallest absolute Gasteiger partial charge is 0.184 e. The highest BCUT2D eigenvalue weighted by Crippen LogP contribution is 2.18. The average molecular weight is 264 g/mol. The highest BCUT2D eigenvalue weighted by Gasteiger charge is 2.08. The maximum atomic E-state index is 13.5. The number of nitrogens with zero attached hydrogens (tertiary/aromatic N) is 1. The van der Waals surface area contributed by atoms with Crippen LogP contribution in [0.15, 0.2) is 18.2 Å². The summed E-state index contributed by atoms with van der Waals surface area (Å²) in [6.07, 6.45) is 0.0480. The lowest BCUT2D eigenvalue weighted by Crippen LogP contribution is -2.19. The van der Waals surface area contributed by atoms with E-state index in [1.807, 2.05) is 13.0 Å². The van der Waals surface area contributed by atoms with Crippen LogP contribution in [0.4, 0.5) is 4.39 Å². The molecule has 3 nitrogen and oxygen atoms in total. The topological polar surface area (TPSA) is 45.0 Å². The van der Waals surface area contributed by atoms with Crippen molar-refractivity contribution in [1.29, 1.82) is 5.26 Å². The largest absolute Gasteiger partial charge is 0.475 e. The van der Waals surface area contributed by atoms with Crippen molar-refractivity contribution in [2.75, 3.05) is 6.54 Å². The molecule has 0 spiro atoms. The van der Waals surface area contributed by atoms with E-state index in [0.29, 0.717) is 24.6 Å². The second-order valence-electron chi connectivity index (χ2n) is 4.96. The number of nitrogens with one attached hydrogen (secondary N) is 1. The van der Waals surface area contributed by atoms with Crippen molar-refractivity contribution in [3.63, 3.8) is 0 Å². The van der Waals surface area contributed by atoms with Gasteiger partial charge in [0, 0.05) is 12.6 Å². The number of halogens is 1. The predicted octanol–water partition coefficient (Wildman–Crippen LogP) is 3.25. The Morgan fingerprint density at radius 2 is 2.11 bits per heavy atom. The lowest BCUT2D eigenvalue weighted by Gasteiger charge is -2.12. The number of rotatable bonds is 7. The Morgan fingerprint density at radius 1 is 1.37 bits per heavy atom. The van der Waals surface area contributed by atoms with E-state index in [9.17, 15) is 4.39 Å². The Kier molecular flexibility index (Phi) is 6.31. The van der Waals surface area contributed by atoms with Crippen LogP contribution in [0.1, 0.15) is 32.8 Å². The van der Waals surface area contributed by atoms with Gasteiger partial charge in [0.15, 0.2) is 6.10 Å². The molecule has 19 heavy (non-hydrogen) atoms. The minimum atomic E-state index is -0.529. The van der Waals surface area contributed by atoms with Gasteiger partial charge in [0.05, 0.1) is 0 Å².